The molecule has 5 heteroatoms. The summed E-state index contributed by atoms with van der Waals surface area (Å²) in [7, 11) is 0. The fourth-order valence-corrected chi connectivity index (χ4v) is 2.07. The van der Waals surface area contributed by atoms with E-state index in [2.05, 4.69) is 0 Å². The van der Waals surface area contributed by atoms with Crippen LogP contribution in [0.5, 0.6) is 0 Å². The Bertz CT molecular complexity index is 324. The lowest BCUT2D eigenvalue weighted by molar-refractivity contribution is -0.123. The smallest absolute Gasteiger partial charge is 0.410 e. The van der Waals surface area contributed by atoms with Gasteiger partial charge in [0.2, 0.25) is 0 Å². The van der Waals surface area contributed by atoms with Crippen molar-refractivity contribution in [1.29, 1.82) is 0 Å². The minimum Gasteiger partial charge on any atom is -0.444 e. The second-order valence-corrected chi connectivity index (χ2v) is 6.07. The Morgan fingerprint density at radius 1 is 1.28 bits per heavy atom. The van der Waals surface area contributed by atoms with Crippen LogP contribution in [0.3, 0.4) is 0 Å². The first-order valence-electron chi connectivity index (χ1n) is 6.31. The van der Waals surface area contributed by atoms with Crippen molar-refractivity contribution in [1.82, 2.24) is 4.90 Å². The standard InChI is InChI=1S/C13H23NO4/c1-10(15)9-13(17)5-7-14(8-6-13)11(16)18-12(2,3)4/h17H,5-9H2,1-4H3. The van der Waals surface area contributed by atoms with Gasteiger partial charge < -0.3 is 14.7 Å². The molecule has 1 rings (SSSR count). The highest BCUT2D eigenvalue weighted by molar-refractivity contribution is 5.76. The van der Waals surface area contributed by atoms with Crippen LogP contribution in [0.2, 0.25) is 0 Å². The second-order valence-electron chi connectivity index (χ2n) is 6.07. The maximum absolute atomic E-state index is 11.8. The third kappa shape index (κ3) is 4.64. The summed E-state index contributed by atoms with van der Waals surface area (Å²) in [6.07, 6.45) is 0.652. The number of piperidine rings is 1. The predicted octanol–water partition coefficient (Wildman–Crippen LogP) is 1.73. The number of ether oxygens (including phenoxy) is 1. The highest BCUT2D eigenvalue weighted by Gasteiger charge is 2.36. The molecule has 0 aliphatic carbocycles. The molecule has 0 saturated carbocycles. The van der Waals surface area contributed by atoms with E-state index in [9.17, 15) is 14.7 Å². The Labute approximate surface area is 108 Å². The number of nitrogens with zero attached hydrogens (tertiary/aromatic N) is 1. The lowest BCUT2D eigenvalue weighted by Crippen LogP contribution is -2.48. The van der Waals surface area contributed by atoms with Crippen molar-refractivity contribution in [2.75, 3.05) is 13.1 Å². The summed E-state index contributed by atoms with van der Waals surface area (Å²) in [6, 6.07) is 0. The first-order valence-corrected chi connectivity index (χ1v) is 6.31. The molecule has 1 fully saturated rings. The normalized spacial score (nSPS) is 19.5. The Morgan fingerprint density at radius 3 is 2.17 bits per heavy atom. The molecule has 0 unspecified atom stereocenters. The van der Waals surface area contributed by atoms with E-state index in [1.165, 1.54) is 6.92 Å². The molecule has 0 aromatic carbocycles. The summed E-state index contributed by atoms with van der Waals surface area (Å²) >= 11 is 0. The van der Waals surface area contributed by atoms with Gasteiger partial charge in [0, 0.05) is 19.5 Å². The maximum atomic E-state index is 11.8. The van der Waals surface area contributed by atoms with E-state index in [4.69, 9.17) is 4.74 Å². The summed E-state index contributed by atoms with van der Waals surface area (Å²) < 4.78 is 5.26. The molecule has 0 aromatic rings. The number of rotatable bonds is 2. The van der Waals surface area contributed by atoms with Crippen LogP contribution >= 0.6 is 0 Å². The summed E-state index contributed by atoms with van der Waals surface area (Å²) in [5, 5.41) is 10.2. The number of amides is 1. The SMILES string of the molecule is CC(=O)CC1(O)CCN(C(=O)OC(C)(C)C)CC1. The number of Topliss-reactive ketones (excluding diaryl/α,β-unsaturated/α-hetero) is 1. The monoisotopic (exact) mass is 257 g/mol. The molecular weight excluding hydrogens is 234 g/mol. The van der Waals surface area contributed by atoms with Gasteiger partial charge in [0.15, 0.2) is 0 Å². The third-order valence-corrected chi connectivity index (χ3v) is 2.92. The Morgan fingerprint density at radius 2 is 1.78 bits per heavy atom. The van der Waals surface area contributed by atoms with E-state index in [0.717, 1.165) is 0 Å². The second kappa shape index (κ2) is 5.26. The van der Waals surface area contributed by atoms with Gasteiger partial charge in [-0.3, -0.25) is 4.79 Å². The molecule has 0 bridgehead atoms. The van der Waals surface area contributed by atoms with Crippen molar-refractivity contribution in [2.24, 2.45) is 0 Å². The van der Waals surface area contributed by atoms with E-state index < -0.39 is 11.2 Å². The number of hydrogen-bond acceptors (Lipinski definition) is 4. The van der Waals surface area contributed by atoms with Crippen LogP contribution in [-0.2, 0) is 9.53 Å². The van der Waals surface area contributed by atoms with Crippen molar-refractivity contribution < 1.29 is 19.4 Å². The lowest BCUT2D eigenvalue weighted by Gasteiger charge is -2.38. The van der Waals surface area contributed by atoms with Crippen LogP contribution in [-0.4, -0.2) is 46.2 Å². The summed E-state index contributed by atoms with van der Waals surface area (Å²) in [5.41, 5.74) is -1.46. The fraction of sp³-hybridized carbons (Fsp3) is 0.846. The molecule has 1 heterocycles. The van der Waals surface area contributed by atoms with Crippen molar-refractivity contribution in [3.05, 3.63) is 0 Å². The van der Waals surface area contributed by atoms with Gasteiger partial charge in [-0.15, -0.1) is 0 Å². The average Bonchev–Trinajstić information content (AvgIpc) is 2.13. The molecule has 5 nitrogen and oxygen atoms in total. The van der Waals surface area contributed by atoms with Crippen LogP contribution in [0.15, 0.2) is 0 Å². The van der Waals surface area contributed by atoms with Crippen molar-refractivity contribution in [2.45, 2.75) is 58.2 Å². The molecule has 0 aromatic heterocycles. The van der Waals surface area contributed by atoms with Gasteiger partial charge in [-0.25, -0.2) is 4.79 Å². The van der Waals surface area contributed by atoms with Crippen LogP contribution < -0.4 is 0 Å². The minimum atomic E-state index is -0.954. The molecule has 1 saturated heterocycles. The van der Waals surface area contributed by atoms with Gasteiger partial charge in [0.25, 0.3) is 0 Å². The van der Waals surface area contributed by atoms with E-state index in [1.807, 2.05) is 20.8 Å². The predicted molar refractivity (Wildman–Crippen MR) is 67.3 cm³/mol. The zero-order valence-corrected chi connectivity index (χ0v) is 11.7. The molecule has 18 heavy (non-hydrogen) atoms. The van der Waals surface area contributed by atoms with Gasteiger partial charge in [0.05, 0.1) is 5.60 Å². The van der Waals surface area contributed by atoms with Gasteiger partial charge >= 0.3 is 6.09 Å². The molecule has 1 aliphatic heterocycles. The summed E-state index contributed by atoms with van der Waals surface area (Å²) in [4.78, 5) is 24.4. The van der Waals surface area contributed by atoms with Crippen molar-refractivity contribution in [3.63, 3.8) is 0 Å². The maximum Gasteiger partial charge on any atom is 0.410 e. The van der Waals surface area contributed by atoms with Gasteiger partial charge in [-0.05, 0) is 40.5 Å². The quantitative estimate of drug-likeness (QED) is 0.818. The van der Waals surface area contributed by atoms with Gasteiger partial charge in [0.1, 0.15) is 11.4 Å². The molecule has 1 aliphatic rings. The van der Waals surface area contributed by atoms with E-state index in [0.29, 0.717) is 25.9 Å². The number of aliphatic hydroxyl groups is 1. The number of likely N-dealkylation sites (tertiary alicyclic amines) is 1. The topological polar surface area (TPSA) is 66.8 Å². The van der Waals surface area contributed by atoms with Crippen molar-refractivity contribution in [3.8, 4) is 0 Å². The number of hydrogen-bond donors (Lipinski definition) is 1. The Hall–Kier alpha value is -1.10. The summed E-state index contributed by atoms with van der Waals surface area (Å²) in [6.45, 7) is 7.79. The number of carbonyl (C=O) groups is 2. The van der Waals surface area contributed by atoms with Crippen LogP contribution in [0, 0.1) is 0 Å². The Balaban J connectivity index is 2.48. The molecule has 0 radical (unpaired) electrons. The third-order valence-electron chi connectivity index (χ3n) is 2.92. The van der Waals surface area contributed by atoms with Crippen LogP contribution in [0.25, 0.3) is 0 Å². The molecule has 0 atom stereocenters. The average molecular weight is 257 g/mol. The summed E-state index contributed by atoms with van der Waals surface area (Å²) in [5.74, 6) is -0.0248. The minimum absolute atomic E-state index is 0.0248. The van der Waals surface area contributed by atoms with E-state index in [-0.39, 0.29) is 18.3 Å². The number of ketones is 1. The largest absolute Gasteiger partial charge is 0.444 e. The van der Waals surface area contributed by atoms with Crippen molar-refractivity contribution >= 4 is 11.9 Å². The molecular formula is C13H23NO4. The van der Waals surface area contributed by atoms with E-state index >= 15 is 0 Å². The zero-order chi connectivity index (χ0) is 14.0. The van der Waals surface area contributed by atoms with Crippen LogP contribution in [0.1, 0.15) is 47.0 Å². The molecule has 1 N–H and O–H groups in total. The molecule has 0 spiro atoms. The number of carbonyl (C=O) groups excluding carboxylic acids is 2. The lowest BCUT2D eigenvalue weighted by atomic mass is 9.87. The fourth-order valence-electron chi connectivity index (χ4n) is 2.07. The molecule has 104 valence electrons. The first kappa shape index (κ1) is 15.0. The van der Waals surface area contributed by atoms with Crippen LogP contribution in [0.4, 0.5) is 4.79 Å². The highest BCUT2D eigenvalue weighted by atomic mass is 16.6. The van der Waals surface area contributed by atoms with E-state index in [1.54, 1.807) is 4.90 Å². The highest BCUT2D eigenvalue weighted by Crippen LogP contribution is 2.26. The first-order chi connectivity index (χ1) is 8.11. The van der Waals surface area contributed by atoms with Gasteiger partial charge in [-0.1, -0.05) is 0 Å². The van der Waals surface area contributed by atoms with Gasteiger partial charge in [-0.2, -0.15) is 0 Å². The molecule has 1 amide bonds. The Kier molecular flexibility index (Phi) is 4.37. The zero-order valence-electron chi connectivity index (χ0n) is 11.7.